The first-order valence-electron chi connectivity index (χ1n) is 35.5. The molecule has 6 aliphatic rings. The van der Waals surface area contributed by atoms with Crippen LogP contribution >= 0.6 is 39.1 Å². The number of nitrogens with zero attached hydrogens (tertiary/aromatic N) is 16. The summed E-state index contributed by atoms with van der Waals surface area (Å²) in [4.78, 5) is 166. The summed E-state index contributed by atoms with van der Waals surface area (Å²) in [6.07, 6.45) is -19.6. The zero-order chi connectivity index (χ0) is 84.5. The lowest BCUT2D eigenvalue weighted by Gasteiger charge is -2.26. The number of aliphatic hydroxyl groups excluding tert-OH is 2. The van der Waals surface area contributed by atoms with E-state index in [2.05, 4.69) is 59.8 Å². The summed E-state index contributed by atoms with van der Waals surface area (Å²) >= 11 is 0. The maximum absolute atomic E-state index is 14.5. The first kappa shape index (κ1) is 85.1. The lowest BCUT2D eigenvalue weighted by Crippen LogP contribution is -2.33. The number of aliphatic hydroxyl groups is 2. The van der Waals surface area contributed by atoms with E-state index in [-0.39, 0.29) is 81.1 Å². The number of aryl methyl sites for hydroxylation is 1. The standard InChI is InChI=1S/C58H74N23O33P5/c1-24-12-78(58(88)75-53(24)84)42-7-26(31(13-82)104-42)110-116(91,92)100-18-36-30(11-44(109-36)81-23-70-47-52(81)73-55(63)74-54(47)85)114-119(97,98)103-17-35-29(10-43(108-35)80-22-69-46-49(62)65-20-67-51(46)80)113-118(95,96)102-16-34-28(9-41(107-34)77-5-3-38(60)72-57(77)87)112-117(93,94)101-15-33-27(8-40(106-33)76-4-2-37(59)71-56(76)86)111-115(89,90)99-14-32-25(83)6-39(105-32)79-21-68-45-48(61)64-19-66-50(45)79/h2-5,12,19-23,25-36,39-44,82-83H,6-11,13-18H2,1H3,(H,89,90)(H,91,92)(H,93,94)(H,95,96)(H,97,98)(H2,59,71,86)(H2,60,72,87)(H2,61,64,66)(H2,62,65,67)(H,75,84,88)(H3,63,73,74,85)/t25-,26-,27-,28-,29-,30-,31+,32+,33+,34+,35+,36+,39+,40+,41+,42+,43+,44+/m0/s1. The van der Waals surface area contributed by atoms with Crippen LogP contribution in [0.3, 0.4) is 0 Å². The molecule has 15 rings (SSSR count). The Balaban J connectivity index is 0.628. The highest BCUT2D eigenvalue weighted by atomic mass is 31.2. The zero-order valence-electron chi connectivity index (χ0n) is 61.2. The molecule has 0 bridgehead atoms. The Hall–Kier alpha value is -8.88. The molecule has 644 valence electrons. The van der Waals surface area contributed by atoms with Crippen molar-refractivity contribution in [3.05, 3.63) is 120 Å². The number of nitrogens with two attached hydrogens (primary N) is 5. The van der Waals surface area contributed by atoms with Gasteiger partial charge < -0.3 is 91.8 Å². The highest BCUT2D eigenvalue weighted by Crippen LogP contribution is 2.56. The van der Waals surface area contributed by atoms with Crippen molar-refractivity contribution >= 4 is 102 Å². The normalized spacial score (nSPS) is 29.8. The number of phosphoric ester groups is 5. The molecule has 0 radical (unpaired) electrons. The van der Waals surface area contributed by atoms with Gasteiger partial charge in [-0.2, -0.15) is 15.0 Å². The molecule has 23 atom stereocenters. The number of aromatic nitrogens is 18. The van der Waals surface area contributed by atoms with E-state index in [0.29, 0.717) is 0 Å². The molecule has 6 aliphatic heterocycles. The average Bonchev–Trinajstić information content (AvgIpc) is 1.63. The van der Waals surface area contributed by atoms with Crippen LogP contribution < -0.4 is 56.9 Å². The lowest BCUT2D eigenvalue weighted by atomic mass is 10.2. The Morgan fingerprint density at radius 2 is 0.773 bits per heavy atom. The summed E-state index contributed by atoms with van der Waals surface area (Å²) < 4.78 is 169. The van der Waals surface area contributed by atoms with Gasteiger partial charge in [-0.25, -0.2) is 72.1 Å². The van der Waals surface area contributed by atoms with Gasteiger partial charge >= 0.3 is 56.2 Å². The van der Waals surface area contributed by atoms with Gasteiger partial charge in [0.05, 0.1) is 64.7 Å². The molecule has 9 aromatic heterocycles. The monoisotopic (exact) mass is 1780 g/mol. The highest BCUT2D eigenvalue weighted by Gasteiger charge is 2.52. The molecule has 6 saturated heterocycles. The molecular weight excluding hydrogens is 1700 g/mol. The Bertz CT molecular complexity index is 5880. The summed E-state index contributed by atoms with van der Waals surface area (Å²) in [5, 5.41) is 21.2. The number of ether oxygens (including phenoxy) is 6. The molecule has 19 N–H and O–H groups in total. The van der Waals surface area contributed by atoms with Crippen LogP contribution in [0.25, 0.3) is 33.5 Å². The molecule has 0 spiro atoms. The van der Waals surface area contributed by atoms with E-state index in [1.165, 1.54) is 64.1 Å². The third-order valence-corrected chi connectivity index (χ3v) is 24.6. The maximum atomic E-state index is 14.5. The Kier molecular flexibility index (Phi) is 24.2. The number of fused-ring (bicyclic) bond motifs is 3. The molecule has 15 heterocycles. The number of hydrogen-bond donors (Lipinski definition) is 14. The number of nitrogen functional groups attached to an aromatic ring is 5. The number of aromatic amines is 2. The van der Waals surface area contributed by atoms with E-state index >= 15 is 0 Å². The predicted molar refractivity (Wildman–Crippen MR) is 391 cm³/mol. The molecule has 0 saturated carbocycles. The molecule has 0 aliphatic carbocycles. The second-order valence-electron chi connectivity index (χ2n) is 27.5. The molecule has 56 nitrogen and oxygen atoms in total. The van der Waals surface area contributed by atoms with E-state index in [9.17, 15) is 81.5 Å². The fourth-order valence-corrected chi connectivity index (χ4v) is 18.8. The summed E-state index contributed by atoms with van der Waals surface area (Å²) in [5.41, 5.74) is 25.3. The van der Waals surface area contributed by atoms with Gasteiger partial charge in [0.2, 0.25) is 5.95 Å². The summed E-state index contributed by atoms with van der Waals surface area (Å²) in [5.74, 6) is -0.794. The Labute approximate surface area is 662 Å². The van der Waals surface area contributed by atoms with Crippen LogP contribution in [0.1, 0.15) is 81.5 Å². The summed E-state index contributed by atoms with van der Waals surface area (Å²) in [6, 6.07) is 2.42. The molecule has 119 heavy (non-hydrogen) atoms. The van der Waals surface area contributed by atoms with E-state index < -0.39 is 243 Å². The van der Waals surface area contributed by atoms with E-state index in [1.807, 2.05) is 0 Å². The molecule has 9 aromatic rings. The van der Waals surface area contributed by atoms with Crippen LogP contribution in [-0.4, -0.2) is 235 Å². The fraction of sp³-hybridized carbons (Fsp3) is 0.534. The van der Waals surface area contributed by atoms with Crippen LogP contribution in [0, 0.1) is 6.92 Å². The van der Waals surface area contributed by atoms with Gasteiger partial charge in [0.15, 0.2) is 34.1 Å². The van der Waals surface area contributed by atoms with Gasteiger partial charge in [-0.05, 0) is 19.1 Å². The third-order valence-electron chi connectivity index (χ3n) is 19.6. The third kappa shape index (κ3) is 18.9. The molecule has 0 amide bonds. The van der Waals surface area contributed by atoms with Crippen molar-refractivity contribution in [2.75, 3.05) is 68.3 Å². The van der Waals surface area contributed by atoms with Crippen molar-refractivity contribution in [2.24, 2.45) is 0 Å². The van der Waals surface area contributed by atoms with Crippen LogP contribution in [0.15, 0.2) is 86.3 Å². The van der Waals surface area contributed by atoms with Gasteiger partial charge in [-0.15, -0.1) is 0 Å². The van der Waals surface area contributed by atoms with Gasteiger partial charge in [-0.1, -0.05) is 0 Å². The van der Waals surface area contributed by atoms with Crippen molar-refractivity contribution in [1.82, 2.24) is 87.2 Å². The van der Waals surface area contributed by atoms with Gasteiger partial charge in [0.25, 0.3) is 11.1 Å². The molecule has 0 aromatic carbocycles. The van der Waals surface area contributed by atoms with E-state index in [1.54, 1.807) is 0 Å². The number of H-pyrrole nitrogens is 2. The topological polar surface area (TPSA) is 780 Å². The maximum Gasteiger partial charge on any atom is 0.472 e. The first-order chi connectivity index (χ1) is 56.4. The molecule has 6 fully saturated rings. The quantitative estimate of drug-likeness (QED) is 0.0197. The van der Waals surface area contributed by atoms with Crippen LogP contribution in [0.2, 0.25) is 0 Å². The zero-order valence-corrected chi connectivity index (χ0v) is 65.6. The van der Waals surface area contributed by atoms with Crippen molar-refractivity contribution in [1.29, 1.82) is 0 Å². The second-order valence-corrected chi connectivity index (χ2v) is 34.5. The Morgan fingerprint density at radius 1 is 0.429 bits per heavy atom. The molecule has 5 unspecified atom stereocenters. The largest absolute Gasteiger partial charge is 0.472 e. The SMILES string of the molecule is Cc1cn([C@H]2C[C@H](OP(=O)(O)OC[C@H]3O[C@@H](n4cnc5c(=O)[nH]c(N)nc54)C[C@@H]3OP(=O)(O)OC[C@H]3O[C@@H](n4cnc5c(N)ncnc54)C[C@@H]3OP(=O)(O)OC[C@H]3O[C@@H](n4ccc(N)nc4=O)C[C@@H]3OP(=O)(O)OC[C@H]3O[C@@H](n4ccc(N)nc4=O)C[C@@H]3OP(=O)(O)OC[C@H]3O[C@@H](n4cnc5c(N)ncnc54)C[C@@H]3O)[C@@H](CO)O2)c(=O)[nH]c1=O. The average molecular weight is 1780 g/mol. The first-order valence-corrected chi connectivity index (χ1v) is 43.0. The Morgan fingerprint density at radius 3 is 1.18 bits per heavy atom. The number of rotatable bonds is 32. The minimum Gasteiger partial charge on any atom is -0.394 e. The van der Waals surface area contributed by atoms with E-state index in [4.69, 9.17) is 102 Å². The number of imidazole rings is 3. The molecular formula is C58H74N23O33P5. The van der Waals surface area contributed by atoms with Crippen LogP contribution in [-0.2, 0) is 96.5 Å². The van der Waals surface area contributed by atoms with E-state index in [0.717, 1.165) is 32.6 Å². The van der Waals surface area contributed by atoms with Gasteiger partial charge in [-0.3, -0.25) is 92.2 Å². The number of nitrogens with one attached hydrogen (secondary N) is 2. The predicted octanol–water partition coefficient (Wildman–Crippen LogP) is -2.33. The molecule has 61 heteroatoms. The smallest absolute Gasteiger partial charge is 0.394 e. The minimum atomic E-state index is -5.60. The van der Waals surface area contributed by atoms with Crippen molar-refractivity contribution in [3.63, 3.8) is 0 Å². The summed E-state index contributed by atoms with van der Waals surface area (Å²) in [6.45, 7) is -4.39. The minimum absolute atomic E-state index is 0.0536. The van der Waals surface area contributed by atoms with Crippen LogP contribution in [0.4, 0.5) is 29.2 Å². The van der Waals surface area contributed by atoms with Crippen molar-refractivity contribution < 1.29 is 131 Å². The number of hydrogen-bond acceptors (Lipinski definition) is 43. The fourth-order valence-electron chi connectivity index (χ4n) is 14.0. The number of anilines is 5. The number of phosphoric acid groups is 5. The highest BCUT2D eigenvalue weighted by molar-refractivity contribution is 7.48. The van der Waals surface area contributed by atoms with Crippen LogP contribution in [0.5, 0.6) is 0 Å². The van der Waals surface area contributed by atoms with Crippen molar-refractivity contribution in [3.8, 4) is 0 Å². The lowest BCUT2D eigenvalue weighted by molar-refractivity contribution is -0.0649. The van der Waals surface area contributed by atoms with Gasteiger partial charge in [0, 0.05) is 62.7 Å². The van der Waals surface area contributed by atoms with Gasteiger partial charge in [0.1, 0.15) is 140 Å². The van der Waals surface area contributed by atoms with Crippen molar-refractivity contribution in [2.45, 2.75) is 156 Å². The summed E-state index contributed by atoms with van der Waals surface area (Å²) in [7, 11) is -27.3. The second kappa shape index (κ2) is 33.9.